The van der Waals surface area contributed by atoms with Crippen molar-refractivity contribution in [1.29, 1.82) is 0 Å². The Labute approximate surface area is 186 Å². The van der Waals surface area contributed by atoms with Crippen LogP contribution in [0.5, 0.6) is 5.75 Å². The number of nitrogens with zero attached hydrogens (tertiary/aromatic N) is 1. The Morgan fingerprint density at radius 3 is 2.16 bits per heavy atom. The smallest absolute Gasteiger partial charge is 0.337 e. The van der Waals surface area contributed by atoms with Gasteiger partial charge in [-0.1, -0.05) is 72.8 Å². The van der Waals surface area contributed by atoms with E-state index in [1.54, 1.807) is 12.1 Å². The molecule has 3 aromatic rings. The predicted octanol–water partition coefficient (Wildman–Crippen LogP) is 3.01. The van der Waals surface area contributed by atoms with Crippen molar-refractivity contribution in [3.8, 4) is 5.75 Å². The number of hydrogen-bond acceptors (Lipinski definition) is 5. The van der Waals surface area contributed by atoms with Gasteiger partial charge in [0.25, 0.3) is 0 Å². The molecule has 2 atom stereocenters. The molecule has 0 saturated carbocycles. The van der Waals surface area contributed by atoms with Crippen LogP contribution in [-0.2, 0) is 16.0 Å². The molecule has 3 aromatic carbocycles. The molecule has 1 aliphatic rings. The molecule has 0 fully saturated rings. The van der Waals surface area contributed by atoms with Crippen LogP contribution in [-0.4, -0.2) is 35.3 Å². The van der Waals surface area contributed by atoms with Crippen LogP contribution in [0.15, 0.2) is 83.9 Å². The van der Waals surface area contributed by atoms with Crippen molar-refractivity contribution in [1.82, 2.24) is 0 Å². The maximum Gasteiger partial charge on any atom is 0.337 e. The first kappa shape index (κ1) is 21.5. The maximum atomic E-state index is 12.6. The van der Waals surface area contributed by atoms with E-state index in [1.807, 2.05) is 66.7 Å². The summed E-state index contributed by atoms with van der Waals surface area (Å²) in [4.78, 5) is 29.1. The molecule has 0 bridgehead atoms. The minimum atomic E-state index is -0.782. The molecule has 1 amide bonds. The third-order valence-electron chi connectivity index (χ3n) is 5.66. The number of aliphatic hydroxyl groups excluding tert-OH is 1. The highest BCUT2D eigenvalue weighted by Gasteiger charge is 2.35. The average molecular weight is 428 g/mol. The van der Waals surface area contributed by atoms with Gasteiger partial charge in [-0.05, 0) is 30.0 Å². The summed E-state index contributed by atoms with van der Waals surface area (Å²) >= 11 is 0. The second kappa shape index (κ2) is 9.58. The first-order valence-electron chi connectivity index (χ1n) is 10.5. The van der Waals surface area contributed by atoms with Gasteiger partial charge >= 0.3 is 5.97 Å². The molecule has 0 saturated heterocycles. The Bertz CT molecular complexity index is 1100. The molecule has 0 radical (unpaired) electrons. The fraction of sp³-hybridized carbons (Fsp3) is 0.192. The largest absolute Gasteiger partial charge is 0.425 e. The summed E-state index contributed by atoms with van der Waals surface area (Å²) in [6.07, 6.45) is 1.27. The summed E-state index contributed by atoms with van der Waals surface area (Å²) in [6, 6.07) is 24.0. The van der Waals surface area contributed by atoms with Gasteiger partial charge in [0.2, 0.25) is 5.91 Å². The summed E-state index contributed by atoms with van der Waals surface area (Å²) in [6.45, 7) is -0.696. The zero-order valence-electron chi connectivity index (χ0n) is 17.5. The van der Waals surface area contributed by atoms with Gasteiger partial charge in [0.1, 0.15) is 18.4 Å². The van der Waals surface area contributed by atoms with E-state index >= 15 is 0 Å². The first-order valence-corrected chi connectivity index (χ1v) is 10.5. The Morgan fingerprint density at radius 2 is 1.59 bits per heavy atom. The number of rotatable bonds is 7. The highest BCUT2D eigenvalue weighted by molar-refractivity contribution is 6.13. The Hall–Kier alpha value is -3.77. The van der Waals surface area contributed by atoms with Crippen LogP contribution in [0.2, 0.25) is 0 Å². The number of nitrogens with two attached hydrogens (primary N) is 1. The van der Waals surface area contributed by atoms with Crippen molar-refractivity contribution in [2.24, 2.45) is 10.7 Å². The molecule has 1 aliphatic carbocycles. The second-order valence-corrected chi connectivity index (χ2v) is 7.66. The van der Waals surface area contributed by atoms with Crippen LogP contribution in [0.25, 0.3) is 0 Å². The SMILES string of the molecule is NC(=O)C(N=C(c1ccccc1)c1ccccc1)C1CCc2c(OC(=O)CO)cccc21. The van der Waals surface area contributed by atoms with Crippen LogP contribution in [0.1, 0.15) is 34.6 Å². The summed E-state index contributed by atoms with van der Waals surface area (Å²) in [5.41, 5.74) is 10.1. The Balaban J connectivity index is 1.77. The number of primary amides is 1. The topological polar surface area (TPSA) is 102 Å². The van der Waals surface area contributed by atoms with Crippen molar-refractivity contribution in [3.05, 3.63) is 101 Å². The number of carbonyl (C=O) groups is 2. The fourth-order valence-corrected chi connectivity index (χ4v) is 4.23. The number of esters is 1. The minimum Gasteiger partial charge on any atom is -0.425 e. The van der Waals surface area contributed by atoms with Crippen molar-refractivity contribution in [3.63, 3.8) is 0 Å². The maximum absolute atomic E-state index is 12.6. The number of aliphatic imine (C=N–C) groups is 1. The molecule has 2 unspecified atom stereocenters. The normalized spacial score (nSPS) is 15.5. The molecule has 3 N–H and O–H groups in total. The predicted molar refractivity (Wildman–Crippen MR) is 122 cm³/mol. The Kier molecular flexibility index (Phi) is 6.42. The van der Waals surface area contributed by atoms with Crippen molar-refractivity contribution in [2.45, 2.75) is 24.8 Å². The first-order chi connectivity index (χ1) is 15.6. The summed E-state index contributed by atoms with van der Waals surface area (Å²) in [5.74, 6) is -1.06. The molecule has 162 valence electrons. The lowest BCUT2D eigenvalue weighted by molar-refractivity contribution is -0.137. The summed E-state index contributed by atoms with van der Waals surface area (Å²) in [7, 11) is 0. The van der Waals surface area contributed by atoms with Crippen LogP contribution < -0.4 is 10.5 Å². The number of fused-ring (bicyclic) bond motifs is 1. The monoisotopic (exact) mass is 428 g/mol. The standard InChI is InChI=1S/C26H24N2O4/c27-26(31)25(21-15-14-20-19(21)12-7-13-22(20)32-23(30)16-29)28-24(17-8-3-1-4-9-17)18-10-5-2-6-11-18/h1-13,21,25,29H,14-16H2,(H2,27,31). The molecule has 32 heavy (non-hydrogen) atoms. The molecule has 0 aromatic heterocycles. The number of hydrogen-bond donors (Lipinski definition) is 2. The molecule has 6 nitrogen and oxygen atoms in total. The van der Waals surface area contributed by atoms with E-state index in [2.05, 4.69) is 0 Å². The van der Waals surface area contributed by atoms with E-state index in [4.69, 9.17) is 20.6 Å². The van der Waals surface area contributed by atoms with Crippen LogP contribution in [0.3, 0.4) is 0 Å². The summed E-state index contributed by atoms with van der Waals surface area (Å²) < 4.78 is 5.27. The number of benzene rings is 3. The lowest BCUT2D eigenvalue weighted by Crippen LogP contribution is -2.33. The third-order valence-corrected chi connectivity index (χ3v) is 5.66. The molecular weight excluding hydrogens is 404 g/mol. The lowest BCUT2D eigenvalue weighted by atomic mass is 9.92. The van der Waals surface area contributed by atoms with Gasteiger partial charge in [-0.2, -0.15) is 0 Å². The molecule has 0 spiro atoms. The van der Waals surface area contributed by atoms with Crippen molar-refractivity contribution in [2.75, 3.05) is 6.61 Å². The Morgan fingerprint density at radius 1 is 0.969 bits per heavy atom. The van der Waals surface area contributed by atoms with Gasteiger partial charge in [0.15, 0.2) is 0 Å². The summed E-state index contributed by atoms with van der Waals surface area (Å²) in [5, 5.41) is 9.02. The number of amides is 1. The third kappa shape index (κ3) is 4.45. The highest BCUT2D eigenvalue weighted by atomic mass is 16.5. The molecule has 0 aliphatic heterocycles. The number of carbonyl (C=O) groups excluding carboxylic acids is 2. The zero-order chi connectivity index (χ0) is 22.5. The van der Waals surface area contributed by atoms with E-state index in [1.165, 1.54) is 0 Å². The van der Waals surface area contributed by atoms with Crippen LogP contribution in [0, 0.1) is 0 Å². The van der Waals surface area contributed by atoms with E-state index in [0.717, 1.165) is 22.3 Å². The molecule has 6 heteroatoms. The van der Waals surface area contributed by atoms with Gasteiger partial charge in [-0.15, -0.1) is 0 Å². The molecule has 4 rings (SSSR count). The highest BCUT2D eigenvalue weighted by Crippen LogP contribution is 2.41. The van der Waals surface area contributed by atoms with E-state index in [-0.39, 0.29) is 5.92 Å². The molecular formula is C26H24N2O4. The van der Waals surface area contributed by atoms with E-state index < -0.39 is 24.5 Å². The average Bonchev–Trinajstić information content (AvgIpc) is 3.25. The lowest BCUT2D eigenvalue weighted by Gasteiger charge is -2.20. The fourth-order valence-electron chi connectivity index (χ4n) is 4.23. The van der Waals surface area contributed by atoms with Crippen molar-refractivity contribution < 1.29 is 19.4 Å². The second-order valence-electron chi connectivity index (χ2n) is 7.66. The quantitative estimate of drug-likeness (QED) is 0.343. The van der Waals surface area contributed by atoms with Gasteiger partial charge in [-0.25, -0.2) is 4.79 Å². The van der Waals surface area contributed by atoms with Gasteiger partial charge in [0.05, 0.1) is 5.71 Å². The van der Waals surface area contributed by atoms with Crippen molar-refractivity contribution >= 4 is 17.6 Å². The molecule has 0 heterocycles. The van der Waals surface area contributed by atoms with E-state index in [9.17, 15) is 9.59 Å². The van der Waals surface area contributed by atoms with Gasteiger partial charge in [-0.3, -0.25) is 9.79 Å². The minimum absolute atomic E-state index is 0.238. The van der Waals surface area contributed by atoms with Crippen LogP contribution in [0.4, 0.5) is 0 Å². The van der Waals surface area contributed by atoms with Gasteiger partial charge < -0.3 is 15.6 Å². The zero-order valence-corrected chi connectivity index (χ0v) is 17.5. The van der Waals surface area contributed by atoms with Gasteiger partial charge in [0, 0.05) is 17.0 Å². The number of ether oxygens (including phenoxy) is 1. The number of aliphatic hydroxyl groups is 1. The van der Waals surface area contributed by atoms with Crippen LogP contribution >= 0.6 is 0 Å². The van der Waals surface area contributed by atoms with E-state index in [0.29, 0.717) is 24.3 Å².